The van der Waals surface area contributed by atoms with Crippen LogP contribution in [-0.2, 0) is 14.4 Å². The lowest BCUT2D eigenvalue weighted by Crippen LogP contribution is -2.22. The zero-order valence-corrected chi connectivity index (χ0v) is 16.1. The molecule has 0 atom stereocenters. The molecular formula is C22H19FN2O4. The molecule has 0 saturated carbocycles. The van der Waals surface area contributed by atoms with E-state index in [1.807, 2.05) is 32.1 Å². The Morgan fingerprint density at radius 3 is 2.59 bits per heavy atom. The van der Waals surface area contributed by atoms with Crippen molar-refractivity contribution in [2.75, 3.05) is 12.4 Å². The van der Waals surface area contributed by atoms with E-state index in [4.69, 9.17) is 4.74 Å². The monoisotopic (exact) mass is 394 g/mol. The van der Waals surface area contributed by atoms with Gasteiger partial charge < -0.3 is 10.1 Å². The SMILES string of the molecule is CONC(=O)c1ccc(C2=CC(=C3C(=O)Nc4cc(F)ccc43)OC2(C)C)cc1. The number of hydrogen-bond donors (Lipinski definition) is 2. The summed E-state index contributed by atoms with van der Waals surface area (Å²) in [4.78, 5) is 29.0. The molecule has 2 heterocycles. The topological polar surface area (TPSA) is 76.7 Å². The van der Waals surface area contributed by atoms with Crippen LogP contribution in [0.5, 0.6) is 0 Å². The average molecular weight is 394 g/mol. The van der Waals surface area contributed by atoms with Crippen LogP contribution in [0.4, 0.5) is 10.1 Å². The van der Waals surface area contributed by atoms with E-state index in [2.05, 4.69) is 15.6 Å². The van der Waals surface area contributed by atoms with E-state index in [1.165, 1.54) is 19.2 Å². The number of amides is 2. The zero-order chi connectivity index (χ0) is 20.8. The summed E-state index contributed by atoms with van der Waals surface area (Å²) in [6.07, 6.45) is 1.82. The molecule has 2 aromatic carbocycles. The van der Waals surface area contributed by atoms with Crippen molar-refractivity contribution in [3.63, 3.8) is 0 Å². The first-order valence-corrected chi connectivity index (χ1v) is 9.00. The van der Waals surface area contributed by atoms with Crippen LogP contribution in [0.3, 0.4) is 0 Å². The normalized spacial score (nSPS) is 19.3. The van der Waals surface area contributed by atoms with Crippen molar-refractivity contribution in [3.05, 3.63) is 76.8 Å². The second-order valence-corrected chi connectivity index (χ2v) is 7.27. The highest BCUT2D eigenvalue weighted by Crippen LogP contribution is 2.44. The third kappa shape index (κ3) is 3.30. The molecule has 2 aromatic rings. The third-order valence-corrected chi connectivity index (χ3v) is 4.91. The molecule has 0 unspecified atom stereocenters. The number of carbonyl (C=O) groups excluding carboxylic acids is 2. The molecule has 0 aromatic heterocycles. The fraction of sp³-hybridized carbons (Fsp3) is 0.182. The van der Waals surface area contributed by atoms with Gasteiger partial charge in [-0.1, -0.05) is 12.1 Å². The summed E-state index contributed by atoms with van der Waals surface area (Å²) in [6, 6.07) is 11.2. The van der Waals surface area contributed by atoms with E-state index in [0.29, 0.717) is 28.1 Å². The van der Waals surface area contributed by atoms with Gasteiger partial charge in [-0.05, 0) is 55.8 Å². The highest BCUT2D eigenvalue weighted by atomic mass is 19.1. The number of allylic oxidation sites excluding steroid dienone is 1. The van der Waals surface area contributed by atoms with E-state index in [-0.39, 0.29) is 11.8 Å². The van der Waals surface area contributed by atoms with Crippen LogP contribution < -0.4 is 10.8 Å². The number of carbonyl (C=O) groups is 2. The van der Waals surface area contributed by atoms with Gasteiger partial charge in [0.25, 0.3) is 11.8 Å². The van der Waals surface area contributed by atoms with E-state index in [0.717, 1.165) is 11.1 Å². The van der Waals surface area contributed by atoms with Crippen LogP contribution in [0.2, 0.25) is 0 Å². The Kier molecular flexibility index (Phi) is 4.47. The number of ether oxygens (including phenoxy) is 1. The lowest BCUT2D eigenvalue weighted by Gasteiger charge is -2.23. The molecule has 2 N–H and O–H groups in total. The predicted molar refractivity (Wildman–Crippen MR) is 106 cm³/mol. The lowest BCUT2D eigenvalue weighted by molar-refractivity contribution is -0.111. The Labute approximate surface area is 167 Å². The minimum Gasteiger partial charge on any atom is -0.482 e. The number of hydroxylamine groups is 1. The van der Waals surface area contributed by atoms with Crippen molar-refractivity contribution in [2.24, 2.45) is 0 Å². The van der Waals surface area contributed by atoms with Gasteiger partial charge in [-0.2, -0.15) is 0 Å². The number of anilines is 1. The first-order chi connectivity index (χ1) is 13.8. The Balaban J connectivity index is 1.74. The van der Waals surface area contributed by atoms with Crippen LogP contribution in [0.25, 0.3) is 11.1 Å². The number of hydrogen-bond acceptors (Lipinski definition) is 4. The molecule has 2 amide bonds. The third-order valence-electron chi connectivity index (χ3n) is 4.91. The van der Waals surface area contributed by atoms with Gasteiger partial charge in [0.2, 0.25) is 0 Å². The van der Waals surface area contributed by atoms with Gasteiger partial charge in [-0.25, -0.2) is 9.87 Å². The first-order valence-electron chi connectivity index (χ1n) is 9.00. The summed E-state index contributed by atoms with van der Waals surface area (Å²) >= 11 is 0. The summed E-state index contributed by atoms with van der Waals surface area (Å²) < 4.78 is 19.6. The maximum Gasteiger partial charge on any atom is 0.274 e. The maximum absolute atomic E-state index is 13.5. The highest BCUT2D eigenvalue weighted by molar-refractivity contribution is 6.32. The molecule has 29 heavy (non-hydrogen) atoms. The van der Waals surface area contributed by atoms with Gasteiger partial charge in [0, 0.05) is 16.7 Å². The van der Waals surface area contributed by atoms with Crippen molar-refractivity contribution in [1.82, 2.24) is 5.48 Å². The number of fused-ring (bicyclic) bond motifs is 1. The van der Waals surface area contributed by atoms with Crippen LogP contribution in [0.15, 0.2) is 54.3 Å². The molecule has 2 aliphatic heterocycles. The maximum atomic E-state index is 13.5. The van der Waals surface area contributed by atoms with E-state index in [9.17, 15) is 14.0 Å². The number of halogens is 1. The second kappa shape index (κ2) is 6.86. The van der Waals surface area contributed by atoms with Crippen LogP contribution >= 0.6 is 0 Å². The number of rotatable bonds is 3. The summed E-state index contributed by atoms with van der Waals surface area (Å²) in [6.45, 7) is 3.80. The van der Waals surface area contributed by atoms with Crippen LogP contribution in [0, 0.1) is 5.82 Å². The van der Waals surface area contributed by atoms with Crippen molar-refractivity contribution < 1.29 is 23.6 Å². The van der Waals surface area contributed by atoms with Gasteiger partial charge in [-0.3, -0.25) is 14.4 Å². The molecule has 0 saturated heterocycles. The molecule has 0 radical (unpaired) electrons. The molecule has 6 nitrogen and oxygen atoms in total. The molecule has 4 rings (SSSR count). The Hall–Kier alpha value is -3.45. The standard InChI is InChI=1S/C22H19FN2O4/c1-22(2)16(12-4-6-13(7-5-12)20(26)25-28-3)11-18(29-22)19-15-9-8-14(23)10-17(15)24-21(19)27/h4-11H,1-3H3,(H,24,27)(H,25,26). The van der Waals surface area contributed by atoms with E-state index >= 15 is 0 Å². The lowest BCUT2D eigenvalue weighted by atomic mass is 9.91. The zero-order valence-electron chi connectivity index (χ0n) is 16.1. The average Bonchev–Trinajstić information content (AvgIpc) is 3.16. The second-order valence-electron chi connectivity index (χ2n) is 7.27. The van der Waals surface area contributed by atoms with Gasteiger partial charge in [0.05, 0.1) is 18.4 Å². The summed E-state index contributed by atoms with van der Waals surface area (Å²) in [5.41, 5.74) is 5.16. The van der Waals surface area contributed by atoms with Crippen LogP contribution in [-0.4, -0.2) is 24.5 Å². The molecular weight excluding hydrogens is 375 g/mol. The molecule has 2 aliphatic rings. The van der Waals surface area contributed by atoms with E-state index < -0.39 is 11.4 Å². The summed E-state index contributed by atoms with van der Waals surface area (Å²) in [7, 11) is 1.37. The quantitative estimate of drug-likeness (QED) is 0.615. The molecule has 148 valence electrons. The highest BCUT2D eigenvalue weighted by Gasteiger charge is 2.38. The first kappa shape index (κ1) is 18.9. The van der Waals surface area contributed by atoms with Gasteiger partial charge in [0.15, 0.2) is 0 Å². The van der Waals surface area contributed by atoms with Crippen LogP contribution in [0.1, 0.15) is 35.3 Å². The summed E-state index contributed by atoms with van der Waals surface area (Å²) in [5, 5.41) is 2.68. The van der Waals surface area contributed by atoms with Gasteiger partial charge in [-0.15, -0.1) is 0 Å². The van der Waals surface area contributed by atoms with Gasteiger partial charge >= 0.3 is 0 Å². The minimum absolute atomic E-state index is 0.333. The van der Waals surface area contributed by atoms with Crippen molar-refractivity contribution >= 4 is 28.6 Å². The fourth-order valence-electron chi connectivity index (χ4n) is 3.56. The van der Waals surface area contributed by atoms with Crippen molar-refractivity contribution in [3.8, 4) is 0 Å². The molecule has 0 aliphatic carbocycles. The summed E-state index contributed by atoms with van der Waals surface area (Å²) in [5.74, 6) is -0.671. The Morgan fingerprint density at radius 1 is 1.17 bits per heavy atom. The smallest absolute Gasteiger partial charge is 0.274 e. The largest absolute Gasteiger partial charge is 0.482 e. The Bertz CT molecular complexity index is 1080. The predicted octanol–water partition coefficient (Wildman–Crippen LogP) is 3.67. The molecule has 7 heteroatoms. The van der Waals surface area contributed by atoms with Crippen molar-refractivity contribution in [1.29, 1.82) is 0 Å². The Morgan fingerprint density at radius 2 is 1.90 bits per heavy atom. The molecule has 0 fully saturated rings. The number of benzene rings is 2. The number of nitrogens with one attached hydrogen (secondary N) is 2. The van der Waals surface area contributed by atoms with Gasteiger partial charge in [0.1, 0.15) is 17.2 Å². The van der Waals surface area contributed by atoms with Crippen molar-refractivity contribution in [2.45, 2.75) is 19.4 Å². The fourth-order valence-corrected chi connectivity index (χ4v) is 3.56. The van der Waals surface area contributed by atoms with E-state index in [1.54, 1.807) is 18.2 Å². The molecule has 0 spiro atoms. The molecule has 0 bridgehead atoms. The minimum atomic E-state index is -0.693.